The van der Waals surface area contributed by atoms with E-state index in [2.05, 4.69) is 36.6 Å². The first-order valence-corrected chi connectivity index (χ1v) is 6.36. The second-order valence-corrected chi connectivity index (χ2v) is 4.78. The molecule has 0 aromatic rings. The highest BCUT2D eigenvalue weighted by Crippen LogP contribution is 2.32. The molecule has 16 heavy (non-hydrogen) atoms. The summed E-state index contributed by atoms with van der Waals surface area (Å²) in [6.07, 6.45) is 0. The number of hydrogen-bond donors (Lipinski definition) is 0. The molecule has 0 radical (unpaired) electrons. The smallest absolute Gasteiger partial charge is 0.338 e. The summed E-state index contributed by atoms with van der Waals surface area (Å²) in [5.74, 6) is -1.53. The largest absolute Gasteiger partial charge is 0.467 e. The van der Waals surface area contributed by atoms with Gasteiger partial charge in [-0.25, -0.2) is 9.59 Å². The van der Waals surface area contributed by atoms with Crippen LogP contribution in [0.2, 0.25) is 0 Å². The molecule has 0 saturated carbocycles. The zero-order valence-corrected chi connectivity index (χ0v) is 12.5. The van der Waals surface area contributed by atoms with Crippen molar-refractivity contribution in [2.75, 3.05) is 20.3 Å². The van der Waals surface area contributed by atoms with Crippen LogP contribution in [0.4, 0.5) is 0 Å². The standard InChI is InChI=1S/C9H14Br2O5/c1-4-15-6(10)9(11,7(12)14-3)8(13)16-5-2/h6H,4-5H2,1-3H3. The van der Waals surface area contributed by atoms with Crippen LogP contribution in [0.5, 0.6) is 0 Å². The summed E-state index contributed by atoms with van der Waals surface area (Å²) in [5, 5.41) is -0.864. The van der Waals surface area contributed by atoms with Gasteiger partial charge in [0.05, 0.1) is 13.7 Å². The third kappa shape index (κ3) is 3.43. The van der Waals surface area contributed by atoms with Gasteiger partial charge in [-0.2, -0.15) is 0 Å². The molecule has 0 aromatic carbocycles. The topological polar surface area (TPSA) is 61.8 Å². The maximum absolute atomic E-state index is 11.7. The Hall–Kier alpha value is -0.140. The van der Waals surface area contributed by atoms with Crippen molar-refractivity contribution in [3.8, 4) is 0 Å². The van der Waals surface area contributed by atoms with Crippen LogP contribution >= 0.6 is 31.9 Å². The summed E-state index contributed by atoms with van der Waals surface area (Å²) in [7, 11) is 1.18. The SMILES string of the molecule is CCOC(=O)C(Br)(C(=O)OC)C(Br)OCC. The number of hydrogen-bond acceptors (Lipinski definition) is 5. The molecule has 0 aromatic heterocycles. The Kier molecular flexibility index (Phi) is 7.17. The van der Waals surface area contributed by atoms with Gasteiger partial charge in [0.1, 0.15) is 5.01 Å². The Balaban J connectivity index is 5.01. The van der Waals surface area contributed by atoms with Gasteiger partial charge in [0, 0.05) is 6.61 Å². The second kappa shape index (κ2) is 7.24. The number of halogens is 2. The lowest BCUT2D eigenvalue weighted by atomic mass is 10.1. The molecule has 2 atom stereocenters. The van der Waals surface area contributed by atoms with Crippen molar-refractivity contribution in [3.63, 3.8) is 0 Å². The van der Waals surface area contributed by atoms with Crippen LogP contribution in [-0.4, -0.2) is 41.6 Å². The molecule has 2 unspecified atom stereocenters. The van der Waals surface area contributed by atoms with Gasteiger partial charge in [-0.1, -0.05) is 31.9 Å². The Bertz CT molecular complexity index is 258. The lowest BCUT2D eigenvalue weighted by molar-refractivity contribution is -0.160. The van der Waals surface area contributed by atoms with E-state index in [1.165, 1.54) is 7.11 Å². The van der Waals surface area contributed by atoms with Crippen molar-refractivity contribution in [2.45, 2.75) is 23.2 Å². The maximum Gasteiger partial charge on any atom is 0.338 e. The Morgan fingerprint density at radius 1 is 1.25 bits per heavy atom. The average Bonchev–Trinajstić information content (AvgIpc) is 2.27. The minimum atomic E-state index is -1.69. The molecule has 5 nitrogen and oxygen atoms in total. The van der Waals surface area contributed by atoms with E-state index in [0.29, 0.717) is 6.61 Å². The predicted molar refractivity (Wildman–Crippen MR) is 64.6 cm³/mol. The van der Waals surface area contributed by atoms with Crippen LogP contribution in [0.3, 0.4) is 0 Å². The summed E-state index contributed by atoms with van der Waals surface area (Å²) < 4.78 is 12.8. The molecule has 0 aliphatic rings. The number of carbonyl (C=O) groups is 2. The first kappa shape index (κ1) is 15.9. The van der Waals surface area contributed by atoms with Gasteiger partial charge in [-0.3, -0.25) is 0 Å². The van der Waals surface area contributed by atoms with Gasteiger partial charge < -0.3 is 14.2 Å². The summed E-state index contributed by atoms with van der Waals surface area (Å²) in [5.41, 5.74) is 0. The lowest BCUT2D eigenvalue weighted by Gasteiger charge is -2.26. The normalized spacial score (nSPS) is 16.1. The molecule has 0 fully saturated rings. The van der Waals surface area contributed by atoms with E-state index in [0.717, 1.165) is 0 Å². The quantitative estimate of drug-likeness (QED) is 0.408. The van der Waals surface area contributed by atoms with E-state index in [-0.39, 0.29) is 6.61 Å². The van der Waals surface area contributed by atoms with E-state index in [9.17, 15) is 9.59 Å². The van der Waals surface area contributed by atoms with Gasteiger partial charge in [0.2, 0.25) is 0 Å². The molecular weight excluding hydrogens is 348 g/mol. The summed E-state index contributed by atoms with van der Waals surface area (Å²) in [4.78, 5) is 23.3. The van der Waals surface area contributed by atoms with Crippen molar-refractivity contribution in [1.82, 2.24) is 0 Å². The third-order valence-electron chi connectivity index (χ3n) is 1.68. The predicted octanol–water partition coefficient (Wildman–Crippen LogP) is 1.61. The highest BCUT2D eigenvalue weighted by molar-refractivity contribution is 9.13. The highest BCUT2D eigenvalue weighted by atomic mass is 79.9. The zero-order chi connectivity index (χ0) is 12.8. The van der Waals surface area contributed by atoms with Crippen LogP contribution in [0, 0.1) is 0 Å². The molecule has 0 amide bonds. The molecule has 0 rings (SSSR count). The minimum absolute atomic E-state index is 0.162. The van der Waals surface area contributed by atoms with Crippen LogP contribution in [0.1, 0.15) is 13.8 Å². The van der Waals surface area contributed by atoms with Crippen molar-refractivity contribution in [2.24, 2.45) is 0 Å². The number of ether oxygens (including phenoxy) is 3. The first-order valence-electron chi connectivity index (χ1n) is 4.65. The highest BCUT2D eigenvalue weighted by Gasteiger charge is 2.53. The monoisotopic (exact) mass is 360 g/mol. The summed E-state index contributed by atoms with van der Waals surface area (Å²) in [6, 6.07) is 0. The molecule has 94 valence electrons. The maximum atomic E-state index is 11.7. The third-order valence-corrected chi connectivity index (χ3v) is 4.31. The molecule has 0 aliphatic carbocycles. The van der Waals surface area contributed by atoms with Crippen LogP contribution in [0.15, 0.2) is 0 Å². The molecule has 0 N–H and O–H groups in total. The van der Waals surface area contributed by atoms with Gasteiger partial charge in [0.25, 0.3) is 4.32 Å². The number of esters is 2. The van der Waals surface area contributed by atoms with Gasteiger partial charge in [0.15, 0.2) is 0 Å². The van der Waals surface area contributed by atoms with Crippen LogP contribution in [-0.2, 0) is 23.8 Å². The van der Waals surface area contributed by atoms with Crippen molar-refractivity contribution < 1.29 is 23.8 Å². The minimum Gasteiger partial charge on any atom is -0.467 e. The number of rotatable bonds is 6. The fraction of sp³-hybridized carbons (Fsp3) is 0.778. The number of methoxy groups -OCH3 is 1. The molecular formula is C9H14Br2O5. The lowest BCUT2D eigenvalue weighted by Crippen LogP contribution is -2.51. The van der Waals surface area contributed by atoms with E-state index in [4.69, 9.17) is 9.47 Å². The fourth-order valence-corrected chi connectivity index (χ4v) is 1.96. The molecule has 0 bridgehead atoms. The van der Waals surface area contributed by atoms with E-state index < -0.39 is 21.3 Å². The summed E-state index contributed by atoms with van der Waals surface area (Å²) >= 11 is 6.12. The van der Waals surface area contributed by atoms with Crippen molar-refractivity contribution in [3.05, 3.63) is 0 Å². The van der Waals surface area contributed by atoms with E-state index in [1.807, 2.05) is 0 Å². The van der Waals surface area contributed by atoms with E-state index >= 15 is 0 Å². The average molecular weight is 362 g/mol. The molecule has 0 aliphatic heterocycles. The van der Waals surface area contributed by atoms with Gasteiger partial charge in [-0.15, -0.1) is 0 Å². The molecule has 7 heteroatoms. The van der Waals surface area contributed by atoms with Crippen LogP contribution < -0.4 is 0 Å². The fourth-order valence-electron chi connectivity index (χ4n) is 0.914. The Morgan fingerprint density at radius 2 is 1.81 bits per heavy atom. The molecule has 0 spiro atoms. The van der Waals surface area contributed by atoms with Gasteiger partial charge >= 0.3 is 11.9 Å². The Morgan fingerprint density at radius 3 is 2.19 bits per heavy atom. The van der Waals surface area contributed by atoms with Crippen molar-refractivity contribution >= 4 is 43.8 Å². The zero-order valence-electron chi connectivity index (χ0n) is 9.29. The number of carbonyl (C=O) groups excluding carboxylic acids is 2. The van der Waals surface area contributed by atoms with Gasteiger partial charge in [-0.05, 0) is 13.8 Å². The molecule has 0 heterocycles. The second-order valence-electron chi connectivity index (χ2n) is 2.70. The molecule has 0 saturated heterocycles. The van der Waals surface area contributed by atoms with Crippen molar-refractivity contribution in [1.29, 1.82) is 0 Å². The summed E-state index contributed by atoms with van der Waals surface area (Å²) in [6.45, 7) is 3.88. The van der Waals surface area contributed by atoms with Crippen LogP contribution in [0.25, 0.3) is 0 Å². The van der Waals surface area contributed by atoms with E-state index in [1.54, 1.807) is 13.8 Å². The first-order chi connectivity index (χ1) is 7.44. The Labute approximate surface area is 111 Å². The number of alkyl halides is 2.